The molecule has 0 aliphatic carbocycles. The summed E-state index contributed by atoms with van der Waals surface area (Å²) in [4.78, 5) is 15.9. The molecule has 0 aliphatic rings. The monoisotopic (exact) mass is 289 g/mol. The summed E-state index contributed by atoms with van der Waals surface area (Å²) < 4.78 is 0. The van der Waals surface area contributed by atoms with Crippen molar-refractivity contribution >= 4 is 40.5 Å². The molecule has 2 aromatic rings. The van der Waals surface area contributed by atoms with Gasteiger partial charge in [-0.25, -0.2) is 4.98 Å². The molecule has 1 N–H and O–H groups in total. The number of hydrogen-bond acceptors (Lipinski definition) is 6. The highest BCUT2D eigenvalue weighted by molar-refractivity contribution is 7.09. The van der Waals surface area contributed by atoms with Crippen LogP contribution in [-0.4, -0.2) is 19.9 Å². The molecule has 1 atom stereocenters. The van der Waals surface area contributed by atoms with E-state index in [1.54, 1.807) is 11.3 Å². The lowest BCUT2D eigenvalue weighted by atomic mass is 10.3. The van der Waals surface area contributed by atoms with E-state index in [0.29, 0.717) is 5.95 Å². The molecule has 90 valence electrons. The Balaban J connectivity index is 2.15. The highest BCUT2D eigenvalue weighted by atomic mass is 35.5. The maximum Gasteiger partial charge on any atom is 0.228 e. The standard InChI is InChI=1S/C9H9Cl2N5S/c1-4-3-17-6(12-4)5(2)13-9-15-7(10)14-8(11)16-9/h3,5H,1-2H3,(H,13,14,15,16). The predicted molar refractivity (Wildman–Crippen MR) is 68.7 cm³/mol. The molecule has 5 nitrogen and oxygen atoms in total. The minimum absolute atomic E-state index is 0.0109. The summed E-state index contributed by atoms with van der Waals surface area (Å²) in [5.41, 5.74) is 0.991. The first kappa shape index (κ1) is 12.5. The van der Waals surface area contributed by atoms with E-state index < -0.39 is 0 Å². The molecule has 2 heterocycles. The van der Waals surface area contributed by atoms with Crippen LogP contribution in [0.5, 0.6) is 0 Å². The van der Waals surface area contributed by atoms with Gasteiger partial charge in [0.25, 0.3) is 0 Å². The molecule has 0 bridgehead atoms. The van der Waals surface area contributed by atoms with Crippen LogP contribution in [0.3, 0.4) is 0 Å². The fourth-order valence-electron chi connectivity index (χ4n) is 1.22. The van der Waals surface area contributed by atoms with Gasteiger partial charge >= 0.3 is 0 Å². The van der Waals surface area contributed by atoms with Gasteiger partial charge in [-0.15, -0.1) is 11.3 Å². The molecule has 0 spiro atoms. The van der Waals surface area contributed by atoms with Crippen LogP contribution < -0.4 is 5.32 Å². The van der Waals surface area contributed by atoms with Crippen LogP contribution in [-0.2, 0) is 0 Å². The zero-order valence-electron chi connectivity index (χ0n) is 9.11. The second kappa shape index (κ2) is 5.12. The van der Waals surface area contributed by atoms with E-state index in [0.717, 1.165) is 10.7 Å². The van der Waals surface area contributed by atoms with E-state index in [-0.39, 0.29) is 16.6 Å². The first-order valence-corrected chi connectivity index (χ1v) is 6.44. The van der Waals surface area contributed by atoms with Gasteiger partial charge in [-0.05, 0) is 37.0 Å². The molecule has 0 amide bonds. The van der Waals surface area contributed by atoms with Crippen LogP contribution in [0.25, 0.3) is 0 Å². The molecular formula is C9H9Cl2N5S. The van der Waals surface area contributed by atoms with Gasteiger partial charge in [-0.2, -0.15) is 15.0 Å². The van der Waals surface area contributed by atoms with Gasteiger partial charge < -0.3 is 5.32 Å². The number of nitrogens with one attached hydrogen (secondary N) is 1. The molecule has 0 aliphatic heterocycles. The quantitative estimate of drug-likeness (QED) is 0.941. The van der Waals surface area contributed by atoms with E-state index in [9.17, 15) is 0 Å². The van der Waals surface area contributed by atoms with Crippen molar-refractivity contribution in [3.05, 3.63) is 26.6 Å². The van der Waals surface area contributed by atoms with E-state index in [4.69, 9.17) is 23.2 Å². The Bertz CT molecular complexity index is 510. The molecular weight excluding hydrogens is 281 g/mol. The number of aromatic nitrogens is 4. The van der Waals surface area contributed by atoms with Crippen molar-refractivity contribution in [3.63, 3.8) is 0 Å². The first-order valence-electron chi connectivity index (χ1n) is 4.80. The average molecular weight is 290 g/mol. The molecule has 17 heavy (non-hydrogen) atoms. The number of aryl methyl sites for hydroxylation is 1. The molecule has 8 heteroatoms. The third kappa shape index (κ3) is 3.24. The number of halogens is 2. The van der Waals surface area contributed by atoms with Crippen molar-refractivity contribution in [1.82, 2.24) is 19.9 Å². The largest absolute Gasteiger partial charge is 0.345 e. The van der Waals surface area contributed by atoms with Crippen LogP contribution in [0, 0.1) is 6.92 Å². The topological polar surface area (TPSA) is 63.6 Å². The van der Waals surface area contributed by atoms with E-state index in [1.165, 1.54) is 0 Å². The van der Waals surface area contributed by atoms with Crippen LogP contribution in [0.15, 0.2) is 5.38 Å². The number of thiazole rings is 1. The van der Waals surface area contributed by atoms with Crippen LogP contribution >= 0.6 is 34.5 Å². The fourth-order valence-corrected chi connectivity index (χ4v) is 2.38. The Morgan fingerprint density at radius 1 is 1.18 bits per heavy atom. The molecule has 0 aromatic carbocycles. The molecule has 0 saturated heterocycles. The number of anilines is 1. The van der Waals surface area contributed by atoms with Crippen LogP contribution in [0.1, 0.15) is 23.7 Å². The molecule has 1 unspecified atom stereocenters. The smallest absolute Gasteiger partial charge is 0.228 e. The number of rotatable bonds is 3. The minimum atomic E-state index is -0.0109. The van der Waals surface area contributed by atoms with Gasteiger partial charge in [0, 0.05) is 11.1 Å². The maximum atomic E-state index is 5.68. The average Bonchev–Trinajstić information content (AvgIpc) is 2.63. The Morgan fingerprint density at radius 2 is 1.82 bits per heavy atom. The van der Waals surface area contributed by atoms with E-state index in [2.05, 4.69) is 25.3 Å². The van der Waals surface area contributed by atoms with Gasteiger partial charge in [-0.3, -0.25) is 0 Å². The lowest BCUT2D eigenvalue weighted by Crippen LogP contribution is -2.10. The van der Waals surface area contributed by atoms with Crippen molar-refractivity contribution < 1.29 is 0 Å². The summed E-state index contributed by atoms with van der Waals surface area (Å²) in [5.74, 6) is 0.343. The highest BCUT2D eigenvalue weighted by Crippen LogP contribution is 2.21. The Hall–Kier alpha value is -0.980. The second-order valence-electron chi connectivity index (χ2n) is 3.39. The predicted octanol–water partition coefficient (Wildman–Crippen LogP) is 3.12. The zero-order chi connectivity index (χ0) is 12.4. The Kier molecular flexibility index (Phi) is 3.76. The third-order valence-electron chi connectivity index (χ3n) is 1.93. The van der Waals surface area contributed by atoms with Crippen molar-refractivity contribution in [2.75, 3.05) is 5.32 Å². The summed E-state index contributed by atoms with van der Waals surface area (Å²) in [5, 5.41) is 6.14. The van der Waals surface area contributed by atoms with Crippen molar-refractivity contribution in [2.24, 2.45) is 0 Å². The van der Waals surface area contributed by atoms with Gasteiger partial charge in [0.2, 0.25) is 16.5 Å². The van der Waals surface area contributed by atoms with Gasteiger partial charge in [-0.1, -0.05) is 0 Å². The number of hydrogen-bond donors (Lipinski definition) is 1. The molecule has 0 fully saturated rings. The summed E-state index contributed by atoms with van der Waals surface area (Å²) in [6.07, 6.45) is 0. The molecule has 2 rings (SSSR count). The Morgan fingerprint density at radius 3 is 2.35 bits per heavy atom. The van der Waals surface area contributed by atoms with Crippen molar-refractivity contribution in [1.29, 1.82) is 0 Å². The molecule has 2 aromatic heterocycles. The molecule has 0 radical (unpaired) electrons. The first-order chi connectivity index (χ1) is 8.04. The minimum Gasteiger partial charge on any atom is -0.345 e. The fraction of sp³-hybridized carbons (Fsp3) is 0.333. The molecule has 0 saturated carbocycles. The van der Waals surface area contributed by atoms with Crippen molar-refractivity contribution in [3.8, 4) is 0 Å². The summed E-state index contributed by atoms with van der Waals surface area (Å²) in [7, 11) is 0. The lowest BCUT2D eigenvalue weighted by molar-refractivity contribution is 0.838. The second-order valence-corrected chi connectivity index (χ2v) is 4.96. The third-order valence-corrected chi connectivity index (χ3v) is 3.42. The SMILES string of the molecule is Cc1csc(C(C)Nc2nc(Cl)nc(Cl)n2)n1. The van der Waals surface area contributed by atoms with Gasteiger partial charge in [0.1, 0.15) is 5.01 Å². The number of nitrogens with zero attached hydrogens (tertiary/aromatic N) is 4. The van der Waals surface area contributed by atoms with Gasteiger partial charge in [0.15, 0.2) is 0 Å². The van der Waals surface area contributed by atoms with E-state index >= 15 is 0 Å². The zero-order valence-corrected chi connectivity index (χ0v) is 11.4. The summed E-state index contributed by atoms with van der Waals surface area (Å²) >= 11 is 12.9. The van der Waals surface area contributed by atoms with E-state index in [1.807, 2.05) is 19.2 Å². The normalized spacial score (nSPS) is 12.5. The Labute approximate surface area is 112 Å². The summed E-state index contributed by atoms with van der Waals surface area (Å²) in [6, 6.07) is -0.0109. The maximum absolute atomic E-state index is 5.68. The summed E-state index contributed by atoms with van der Waals surface area (Å²) in [6.45, 7) is 3.91. The van der Waals surface area contributed by atoms with Crippen LogP contribution in [0.2, 0.25) is 10.6 Å². The van der Waals surface area contributed by atoms with Crippen LogP contribution in [0.4, 0.5) is 5.95 Å². The van der Waals surface area contributed by atoms with Gasteiger partial charge in [0.05, 0.1) is 6.04 Å². The van der Waals surface area contributed by atoms with Crippen molar-refractivity contribution in [2.45, 2.75) is 19.9 Å². The highest BCUT2D eigenvalue weighted by Gasteiger charge is 2.11. The lowest BCUT2D eigenvalue weighted by Gasteiger charge is -2.10.